The number of hydrogen-bond donors (Lipinski definition) is 0. The molecule has 1 aromatic heterocycles. The number of fused-ring (bicyclic) bond motifs is 1. The molecule has 0 bridgehead atoms. The molecule has 0 radical (unpaired) electrons. The van der Waals surface area contributed by atoms with Gasteiger partial charge < -0.3 is 0 Å². The Balaban J connectivity index is 2.20. The zero-order valence-corrected chi connectivity index (χ0v) is 10.3. The molecule has 0 amide bonds. The van der Waals surface area contributed by atoms with Crippen LogP contribution in [0.2, 0.25) is 0 Å². The highest BCUT2D eigenvalue weighted by Gasteiger charge is 2.10. The molecule has 0 aliphatic rings. The predicted molar refractivity (Wildman–Crippen MR) is 69.5 cm³/mol. The van der Waals surface area contributed by atoms with Crippen LogP contribution in [0.1, 0.15) is 32.9 Å². The SMILES string of the molecule is CC(C)(C)CCc1cc2ccccc2cn1. The van der Waals surface area contributed by atoms with Crippen LogP contribution in [0.5, 0.6) is 0 Å². The lowest BCUT2D eigenvalue weighted by atomic mass is 9.89. The highest BCUT2D eigenvalue weighted by Crippen LogP contribution is 2.22. The van der Waals surface area contributed by atoms with Crippen LogP contribution in [0.15, 0.2) is 36.5 Å². The first-order chi connectivity index (χ1) is 7.54. The zero-order valence-electron chi connectivity index (χ0n) is 10.3. The van der Waals surface area contributed by atoms with Crippen molar-refractivity contribution in [1.29, 1.82) is 0 Å². The number of pyridine rings is 1. The standard InChI is InChI=1S/C15H19N/c1-15(2,3)9-8-14-10-12-6-4-5-7-13(12)11-16-14/h4-7,10-11H,8-9H2,1-3H3. The van der Waals surface area contributed by atoms with Crippen molar-refractivity contribution in [3.8, 4) is 0 Å². The van der Waals surface area contributed by atoms with Crippen LogP contribution in [-0.4, -0.2) is 4.98 Å². The van der Waals surface area contributed by atoms with Gasteiger partial charge in [0.15, 0.2) is 0 Å². The first-order valence-electron chi connectivity index (χ1n) is 5.88. The van der Waals surface area contributed by atoms with Gasteiger partial charge in [-0.15, -0.1) is 0 Å². The van der Waals surface area contributed by atoms with Crippen LogP contribution in [0.25, 0.3) is 10.8 Å². The lowest BCUT2D eigenvalue weighted by molar-refractivity contribution is 0.376. The van der Waals surface area contributed by atoms with Gasteiger partial charge in [0, 0.05) is 17.3 Å². The van der Waals surface area contributed by atoms with E-state index in [9.17, 15) is 0 Å². The van der Waals surface area contributed by atoms with Crippen molar-refractivity contribution in [2.75, 3.05) is 0 Å². The number of nitrogens with zero attached hydrogens (tertiary/aromatic N) is 1. The van der Waals surface area contributed by atoms with Gasteiger partial charge in [0.1, 0.15) is 0 Å². The minimum Gasteiger partial charge on any atom is -0.261 e. The van der Waals surface area contributed by atoms with E-state index in [1.165, 1.54) is 22.9 Å². The summed E-state index contributed by atoms with van der Waals surface area (Å²) in [6.45, 7) is 6.82. The van der Waals surface area contributed by atoms with Crippen LogP contribution >= 0.6 is 0 Å². The second kappa shape index (κ2) is 4.25. The number of aromatic nitrogens is 1. The summed E-state index contributed by atoms with van der Waals surface area (Å²) in [5.41, 5.74) is 1.58. The lowest BCUT2D eigenvalue weighted by Gasteiger charge is -2.17. The average molecular weight is 213 g/mol. The normalized spacial score (nSPS) is 11.9. The molecule has 0 saturated heterocycles. The largest absolute Gasteiger partial charge is 0.261 e. The summed E-state index contributed by atoms with van der Waals surface area (Å²) >= 11 is 0. The summed E-state index contributed by atoms with van der Waals surface area (Å²) in [6.07, 6.45) is 4.22. The van der Waals surface area contributed by atoms with Crippen molar-refractivity contribution >= 4 is 10.8 Å². The van der Waals surface area contributed by atoms with E-state index < -0.39 is 0 Å². The van der Waals surface area contributed by atoms with E-state index in [-0.39, 0.29) is 0 Å². The summed E-state index contributed by atoms with van der Waals surface area (Å²) in [6, 6.07) is 10.6. The maximum absolute atomic E-state index is 4.51. The van der Waals surface area contributed by atoms with Gasteiger partial charge in [-0.25, -0.2) is 0 Å². The molecule has 0 atom stereocenters. The van der Waals surface area contributed by atoms with Crippen molar-refractivity contribution in [1.82, 2.24) is 4.98 Å². The molecule has 0 aliphatic carbocycles. The van der Waals surface area contributed by atoms with Crippen molar-refractivity contribution < 1.29 is 0 Å². The van der Waals surface area contributed by atoms with Gasteiger partial charge in [-0.05, 0) is 29.7 Å². The minimum atomic E-state index is 0.382. The second-order valence-electron chi connectivity index (χ2n) is 5.58. The molecule has 0 aliphatic heterocycles. The van der Waals surface area contributed by atoms with Gasteiger partial charge in [-0.3, -0.25) is 4.98 Å². The fraction of sp³-hybridized carbons (Fsp3) is 0.400. The third-order valence-electron chi connectivity index (χ3n) is 2.82. The first-order valence-corrected chi connectivity index (χ1v) is 5.88. The Bertz CT molecular complexity index is 480. The number of rotatable bonds is 2. The van der Waals surface area contributed by atoms with Gasteiger partial charge in [0.25, 0.3) is 0 Å². The molecule has 1 heterocycles. The second-order valence-corrected chi connectivity index (χ2v) is 5.58. The summed E-state index contributed by atoms with van der Waals surface area (Å²) in [4.78, 5) is 4.51. The van der Waals surface area contributed by atoms with Crippen LogP contribution in [0.3, 0.4) is 0 Å². The summed E-state index contributed by atoms with van der Waals surface area (Å²) < 4.78 is 0. The van der Waals surface area contributed by atoms with Gasteiger partial charge in [0.05, 0.1) is 0 Å². The molecule has 2 rings (SSSR count). The van der Waals surface area contributed by atoms with Crippen molar-refractivity contribution in [2.24, 2.45) is 5.41 Å². The molecule has 16 heavy (non-hydrogen) atoms. The first kappa shape index (κ1) is 11.1. The third-order valence-corrected chi connectivity index (χ3v) is 2.82. The topological polar surface area (TPSA) is 12.9 Å². The van der Waals surface area contributed by atoms with Crippen molar-refractivity contribution in [3.05, 3.63) is 42.2 Å². The molecule has 0 fully saturated rings. The highest BCUT2D eigenvalue weighted by atomic mass is 14.7. The Hall–Kier alpha value is -1.37. The van der Waals surface area contributed by atoms with E-state index in [4.69, 9.17) is 0 Å². The van der Waals surface area contributed by atoms with E-state index in [1.807, 2.05) is 6.20 Å². The fourth-order valence-electron chi connectivity index (χ4n) is 1.77. The summed E-state index contributed by atoms with van der Waals surface area (Å²) in [5.74, 6) is 0. The molecule has 0 N–H and O–H groups in total. The predicted octanol–water partition coefficient (Wildman–Crippen LogP) is 4.21. The Morgan fingerprint density at radius 1 is 1.06 bits per heavy atom. The molecule has 1 heteroatoms. The van der Waals surface area contributed by atoms with Gasteiger partial charge >= 0.3 is 0 Å². The molecular formula is C15H19N. The Kier molecular flexibility index (Phi) is 2.95. The van der Waals surface area contributed by atoms with Gasteiger partial charge in [-0.2, -0.15) is 0 Å². The molecule has 1 nitrogen and oxygen atoms in total. The molecule has 84 valence electrons. The molecular weight excluding hydrogens is 194 g/mol. The third kappa shape index (κ3) is 2.82. The van der Waals surface area contributed by atoms with E-state index >= 15 is 0 Å². The maximum atomic E-state index is 4.51. The molecule has 0 saturated carbocycles. The van der Waals surface area contributed by atoms with Crippen LogP contribution in [-0.2, 0) is 6.42 Å². The van der Waals surface area contributed by atoms with Crippen LogP contribution < -0.4 is 0 Å². The Morgan fingerprint density at radius 2 is 1.75 bits per heavy atom. The van der Waals surface area contributed by atoms with E-state index in [1.54, 1.807) is 0 Å². The smallest absolute Gasteiger partial charge is 0.0410 e. The average Bonchev–Trinajstić information content (AvgIpc) is 2.25. The molecule has 1 aromatic carbocycles. The fourth-order valence-corrected chi connectivity index (χ4v) is 1.77. The summed E-state index contributed by atoms with van der Waals surface area (Å²) in [5, 5.41) is 2.52. The van der Waals surface area contributed by atoms with Crippen molar-refractivity contribution in [3.63, 3.8) is 0 Å². The van der Waals surface area contributed by atoms with Crippen molar-refractivity contribution in [2.45, 2.75) is 33.6 Å². The molecule has 0 unspecified atom stereocenters. The Labute approximate surface area is 97.5 Å². The van der Waals surface area contributed by atoms with E-state index in [0.717, 1.165) is 6.42 Å². The van der Waals surface area contributed by atoms with Gasteiger partial charge in [-0.1, -0.05) is 45.0 Å². The quantitative estimate of drug-likeness (QED) is 0.728. The number of hydrogen-bond acceptors (Lipinski definition) is 1. The zero-order chi connectivity index (χ0) is 11.6. The van der Waals surface area contributed by atoms with Gasteiger partial charge in [0.2, 0.25) is 0 Å². The van der Waals surface area contributed by atoms with Crippen LogP contribution in [0.4, 0.5) is 0 Å². The summed E-state index contributed by atoms with van der Waals surface area (Å²) in [7, 11) is 0. The maximum Gasteiger partial charge on any atom is 0.0410 e. The van der Waals surface area contributed by atoms with E-state index in [2.05, 4.69) is 56.1 Å². The highest BCUT2D eigenvalue weighted by molar-refractivity contribution is 5.81. The minimum absolute atomic E-state index is 0.382. The molecule has 2 aromatic rings. The molecule has 0 spiro atoms. The van der Waals surface area contributed by atoms with E-state index in [0.29, 0.717) is 5.41 Å². The monoisotopic (exact) mass is 213 g/mol. The number of aryl methyl sites for hydroxylation is 1. The van der Waals surface area contributed by atoms with Crippen LogP contribution in [0, 0.1) is 5.41 Å². The number of benzene rings is 1. The Morgan fingerprint density at radius 3 is 2.44 bits per heavy atom. The lowest BCUT2D eigenvalue weighted by Crippen LogP contribution is -2.07.